The van der Waals surface area contributed by atoms with E-state index in [9.17, 15) is 9.59 Å². The third-order valence-corrected chi connectivity index (χ3v) is 17.2. The molecule has 54 heavy (non-hydrogen) atoms. The molecule has 0 spiro atoms. The number of nitrogens with one attached hydrogen (secondary N) is 2. The Balaban J connectivity index is 1.58. The minimum atomic E-state index is -2.12. The molecule has 0 aliphatic carbocycles. The first kappa shape index (κ1) is 43.5. The van der Waals surface area contributed by atoms with Crippen LogP contribution in [-0.4, -0.2) is 95.8 Å². The Morgan fingerprint density at radius 1 is 0.833 bits per heavy atom. The number of urea groups is 1. The zero-order valence-electron chi connectivity index (χ0n) is 33.0. The van der Waals surface area contributed by atoms with Crippen molar-refractivity contribution in [2.45, 2.75) is 75.9 Å². The van der Waals surface area contributed by atoms with Crippen molar-refractivity contribution in [1.82, 2.24) is 15.5 Å². The molecule has 0 saturated carbocycles. The Kier molecular flexibility index (Phi) is 16.6. The van der Waals surface area contributed by atoms with E-state index in [-0.39, 0.29) is 29.1 Å². The molecule has 3 amide bonds. The number of amides is 3. The molecule has 0 aromatic heterocycles. The van der Waals surface area contributed by atoms with E-state index in [1.165, 1.54) is 0 Å². The lowest BCUT2D eigenvalue weighted by atomic mass is 9.79. The number of ether oxygens (including phenoxy) is 3. The van der Waals surface area contributed by atoms with Gasteiger partial charge in [0, 0.05) is 44.1 Å². The second-order valence-electron chi connectivity index (χ2n) is 15.0. The number of carbonyl (C=O) groups is 2. The SMILES string of the molecule is COc1ccc(C(O[C@H]2C[C@@H](CO[Si](C)(C)C(C)(C)C)N(C(=O)NCCCC(=O)NCCSSCCN)C2)(c2ccccc2)c2ccc(OC)cc2)cc1. The average molecular weight is 797 g/mol. The van der Waals surface area contributed by atoms with Gasteiger partial charge in [0.2, 0.25) is 5.91 Å². The summed E-state index contributed by atoms with van der Waals surface area (Å²) in [5.74, 6) is 3.20. The highest BCUT2D eigenvalue weighted by molar-refractivity contribution is 8.76. The van der Waals surface area contributed by atoms with Gasteiger partial charge >= 0.3 is 6.03 Å². The van der Waals surface area contributed by atoms with Gasteiger partial charge in [-0.05, 0) is 71.9 Å². The number of nitrogens with zero attached hydrogens (tertiary/aromatic N) is 1. The Morgan fingerprint density at radius 3 is 1.96 bits per heavy atom. The Morgan fingerprint density at radius 2 is 1.41 bits per heavy atom. The molecular weight excluding hydrogens is 737 g/mol. The fourth-order valence-corrected chi connectivity index (χ4v) is 9.00. The van der Waals surface area contributed by atoms with E-state index in [1.54, 1.807) is 35.8 Å². The van der Waals surface area contributed by atoms with E-state index in [0.717, 1.165) is 39.7 Å². The number of methoxy groups -OCH3 is 2. The van der Waals surface area contributed by atoms with Gasteiger partial charge in [-0.25, -0.2) is 4.79 Å². The van der Waals surface area contributed by atoms with Gasteiger partial charge in [0.25, 0.3) is 0 Å². The van der Waals surface area contributed by atoms with Crippen LogP contribution < -0.4 is 25.8 Å². The lowest BCUT2D eigenvalue weighted by Crippen LogP contribution is -2.48. The predicted octanol–water partition coefficient (Wildman–Crippen LogP) is 7.42. The summed E-state index contributed by atoms with van der Waals surface area (Å²) >= 11 is 0. The van der Waals surface area contributed by atoms with Gasteiger partial charge < -0.3 is 39.9 Å². The van der Waals surface area contributed by atoms with Crippen LogP contribution in [0.4, 0.5) is 4.79 Å². The first-order chi connectivity index (χ1) is 25.8. The maximum Gasteiger partial charge on any atom is 0.317 e. The summed E-state index contributed by atoms with van der Waals surface area (Å²) in [4.78, 5) is 28.3. The average Bonchev–Trinajstić information content (AvgIpc) is 3.58. The van der Waals surface area contributed by atoms with Gasteiger partial charge in [-0.1, -0.05) is 97.0 Å². The van der Waals surface area contributed by atoms with Crippen molar-refractivity contribution < 1.29 is 28.2 Å². The minimum absolute atomic E-state index is 0.0155. The van der Waals surface area contributed by atoms with Crippen LogP contribution in [0.5, 0.6) is 11.5 Å². The predicted molar refractivity (Wildman–Crippen MR) is 225 cm³/mol. The van der Waals surface area contributed by atoms with Gasteiger partial charge in [-0.15, -0.1) is 0 Å². The van der Waals surface area contributed by atoms with Crippen LogP contribution >= 0.6 is 21.6 Å². The standard InChI is InChI=1S/C41H60N4O6S2Si/c1-40(2,3)54(6,7)50-30-34-28-37(29-45(34)39(47)44-24-11-14-38(46)43-25-27-53-52-26-23-42)51-41(31-12-9-8-10-13-31,32-15-19-35(48-4)20-16-32)33-17-21-36(49-5)22-18-33/h8-10,12-13,15-22,34,37H,11,14,23-30,42H2,1-7H3,(H,43,46)(H,44,47)/t34-,37-/m0/s1. The van der Waals surface area contributed by atoms with Crippen LogP contribution in [0.2, 0.25) is 18.1 Å². The maximum atomic E-state index is 14.0. The summed E-state index contributed by atoms with van der Waals surface area (Å²) in [7, 11) is 4.61. The molecule has 1 aliphatic heterocycles. The monoisotopic (exact) mass is 796 g/mol. The van der Waals surface area contributed by atoms with Crippen LogP contribution in [0, 0.1) is 0 Å². The molecule has 0 unspecified atom stereocenters. The Labute approximate surface area is 331 Å². The molecular formula is C41H60N4O6S2Si. The number of benzene rings is 3. The van der Waals surface area contributed by atoms with Gasteiger partial charge in [0.15, 0.2) is 8.32 Å². The highest BCUT2D eigenvalue weighted by atomic mass is 33.1. The van der Waals surface area contributed by atoms with Crippen LogP contribution in [0.3, 0.4) is 0 Å². The highest BCUT2D eigenvalue weighted by Crippen LogP contribution is 2.44. The quantitative estimate of drug-likeness (QED) is 0.0464. The first-order valence-electron chi connectivity index (χ1n) is 18.8. The van der Waals surface area contributed by atoms with Crippen molar-refractivity contribution >= 4 is 41.8 Å². The van der Waals surface area contributed by atoms with Crippen molar-refractivity contribution in [3.05, 3.63) is 95.6 Å². The van der Waals surface area contributed by atoms with Crippen LogP contribution in [0.1, 0.15) is 56.7 Å². The molecule has 1 saturated heterocycles. The number of likely N-dealkylation sites (tertiary alicyclic amines) is 1. The summed E-state index contributed by atoms with van der Waals surface area (Å²) < 4.78 is 25.2. The van der Waals surface area contributed by atoms with E-state index >= 15 is 0 Å². The lowest BCUT2D eigenvalue weighted by molar-refractivity contribution is -0.121. The van der Waals surface area contributed by atoms with Crippen molar-refractivity contribution in [2.75, 3.05) is 58.5 Å². The topological polar surface area (TPSA) is 124 Å². The largest absolute Gasteiger partial charge is 0.497 e. The molecule has 1 fully saturated rings. The molecule has 4 N–H and O–H groups in total. The number of hydrogen-bond donors (Lipinski definition) is 3. The number of hydrogen-bond acceptors (Lipinski definition) is 9. The van der Waals surface area contributed by atoms with E-state index < -0.39 is 13.9 Å². The summed E-state index contributed by atoms with van der Waals surface area (Å²) in [6.07, 6.45) is 1.14. The normalized spacial score (nSPS) is 16.3. The van der Waals surface area contributed by atoms with Crippen LogP contribution in [-0.2, 0) is 19.6 Å². The van der Waals surface area contributed by atoms with Gasteiger partial charge in [0.1, 0.15) is 17.1 Å². The molecule has 3 aromatic carbocycles. The smallest absolute Gasteiger partial charge is 0.317 e. The zero-order chi connectivity index (χ0) is 39.2. The third kappa shape index (κ3) is 11.7. The zero-order valence-corrected chi connectivity index (χ0v) is 35.7. The van der Waals surface area contributed by atoms with Crippen LogP contribution in [0.15, 0.2) is 78.9 Å². The third-order valence-electron chi connectivity index (χ3n) is 10.2. The molecule has 0 radical (unpaired) electrons. The van der Waals surface area contributed by atoms with Crippen molar-refractivity contribution in [2.24, 2.45) is 5.73 Å². The fraction of sp³-hybridized carbons (Fsp3) is 0.512. The van der Waals surface area contributed by atoms with E-state index in [0.29, 0.717) is 52.0 Å². The number of nitrogens with two attached hydrogens (primary N) is 1. The Hall–Kier alpha value is -3.20. The first-order valence-corrected chi connectivity index (χ1v) is 24.2. The van der Waals surface area contributed by atoms with Crippen molar-refractivity contribution in [1.29, 1.82) is 0 Å². The number of carbonyl (C=O) groups excluding carboxylic acids is 2. The van der Waals surface area contributed by atoms with Crippen LogP contribution in [0.25, 0.3) is 0 Å². The molecule has 296 valence electrons. The molecule has 10 nitrogen and oxygen atoms in total. The van der Waals surface area contributed by atoms with Crippen molar-refractivity contribution in [3.63, 3.8) is 0 Å². The molecule has 13 heteroatoms. The van der Waals surface area contributed by atoms with Gasteiger partial charge in [0.05, 0.1) is 33.0 Å². The summed E-state index contributed by atoms with van der Waals surface area (Å²) in [6, 6.07) is 25.8. The molecule has 3 aromatic rings. The maximum absolute atomic E-state index is 14.0. The molecule has 2 atom stereocenters. The summed E-state index contributed by atoms with van der Waals surface area (Å²) in [5, 5.41) is 6.07. The number of rotatable bonds is 20. The van der Waals surface area contributed by atoms with Gasteiger partial charge in [-0.3, -0.25) is 4.79 Å². The second-order valence-corrected chi connectivity index (χ2v) is 22.5. The van der Waals surface area contributed by atoms with Gasteiger partial charge in [-0.2, -0.15) is 0 Å². The fourth-order valence-electron chi connectivity index (χ4n) is 6.20. The molecule has 1 heterocycles. The van der Waals surface area contributed by atoms with E-state index in [4.69, 9.17) is 24.4 Å². The summed E-state index contributed by atoms with van der Waals surface area (Å²) in [5.41, 5.74) is 7.35. The summed E-state index contributed by atoms with van der Waals surface area (Å²) in [6.45, 7) is 13.6. The molecule has 0 bridgehead atoms. The molecule has 1 aliphatic rings. The Bertz CT molecular complexity index is 1540. The minimum Gasteiger partial charge on any atom is -0.497 e. The molecule has 4 rings (SSSR count). The second kappa shape index (κ2) is 20.6. The van der Waals surface area contributed by atoms with Crippen molar-refractivity contribution in [3.8, 4) is 11.5 Å². The highest BCUT2D eigenvalue weighted by Gasteiger charge is 2.46. The van der Waals surface area contributed by atoms with E-state index in [1.807, 2.05) is 71.6 Å². The lowest BCUT2D eigenvalue weighted by Gasteiger charge is -2.38. The van der Waals surface area contributed by atoms with E-state index in [2.05, 4.69) is 56.6 Å².